The molecule has 1 aliphatic rings. The summed E-state index contributed by atoms with van der Waals surface area (Å²) >= 11 is 5.69. The summed E-state index contributed by atoms with van der Waals surface area (Å²) in [6.45, 7) is 3.57. The Morgan fingerprint density at radius 1 is 0.947 bits per heavy atom. The van der Waals surface area contributed by atoms with Gasteiger partial charge in [-0.25, -0.2) is 0 Å². The highest BCUT2D eigenvalue weighted by Gasteiger charge is 2.50. The van der Waals surface area contributed by atoms with Crippen LogP contribution in [0.4, 0.5) is 0 Å². The normalized spacial score (nSPS) is 29.7. The second-order valence-corrected chi connectivity index (χ2v) is 4.26. The van der Waals surface area contributed by atoms with E-state index in [-0.39, 0.29) is 5.88 Å². The first kappa shape index (κ1) is 15.7. The van der Waals surface area contributed by atoms with E-state index in [2.05, 4.69) is 0 Å². The number of hydrogen-bond acceptors (Lipinski definition) is 7. The van der Waals surface area contributed by atoms with Gasteiger partial charge >= 0.3 is 17.9 Å². The lowest BCUT2D eigenvalue weighted by atomic mass is 10.1. The fourth-order valence-electron chi connectivity index (χ4n) is 1.73. The number of hydrogen-bond donors (Lipinski definition) is 0. The van der Waals surface area contributed by atoms with Gasteiger partial charge in [-0.2, -0.15) is 0 Å². The molecule has 1 rings (SSSR count). The van der Waals surface area contributed by atoms with E-state index >= 15 is 0 Å². The monoisotopic (exact) mass is 294 g/mol. The fraction of sp³-hybridized carbons (Fsp3) is 0.727. The van der Waals surface area contributed by atoms with Gasteiger partial charge in [-0.1, -0.05) is 0 Å². The highest BCUT2D eigenvalue weighted by atomic mass is 35.5. The maximum atomic E-state index is 11.1. The molecule has 19 heavy (non-hydrogen) atoms. The van der Waals surface area contributed by atoms with Gasteiger partial charge in [0.2, 0.25) is 12.4 Å². The molecule has 7 nitrogen and oxygen atoms in total. The summed E-state index contributed by atoms with van der Waals surface area (Å²) < 4.78 is 20.2. The van der Waals surface area contributed by atoms with E-state index in [1.165, 1.54) is 20.8 Å². The molecule has 0 aliphatic carbocycles. The summed E-state index contributed by atoms with van der Waals surface area (Å²) in [7, 11) is 0. The number of rotatable bonds is 4. The smallest absolute Gasteiger partial charge is 0.305 e. The van der Waals surface area contributed by atoms with E-state index in [1.807, 2.05) is 0 Å². The molecule has 0 aromatic rings. The van der Waals surface area contributed by atoms with Crippen molar-refractivity contribution in [2.75, 3.05) is 5.88 Å². The Balaban J connectivity index is 2.90. The fourth-order valence-corrected chi connectivity index (χ4v) is 1.97. The topological polar surface area (TPSA) is 88.1 Å². The van der Waals surface area contributed by atoms with Gasteiger partial charge in [0.1, 0.15) is 6.10 Å². The third-order valence-corrected chi connectivity index (χ3v) is 2.61. The van der Waals surface area contributed by atoms with E-state index in [0.717, 1.165) is 0 Å². The second kappa shape index (κ2) is 6.72. The van der Waals surface area contributed by atoms with Gasteiger partial charge in [0.25, 0.3) is 0 Å². The Labute approximate surface area is 115 Å². The van der Waals surface area contributed by atoms with Crippen LogP contribution in [0.2, 0.25) is 0 Å². The van der Waals surface area contributed by atoms with Crippen molar-refractivity contribution in [2.45, 2.75) is 45.4 Å². The second-order valence-electron chi connectivity index (χ2n) is 3.95. The van der Waals surface area contributed by atoms with E-state index in [4.69, 9.17) is 30.5 Å². The number of esters is 3. The number of carbonyl (C=O) groups is 3. The summed E-state index contributed by atoms with van der Waals surface area (Å²) in [5, 5.41) is 0. The first-order valence-electron chi connectivity index (χ1n) is 5.58. The van der Waals surface area contributed by atoms with Gasteiger partial charge in [-0.15, -0.1) is 11.6 Å². The van der Waals surface area contributed by atoms with Crippen molar-refractivity contribution in [3.63, 3.8) is 0 Å². The van der Waals surface area contributed by atoms with E-state index < -0.39 is 42.5 Å². The van der Waals surface area contributed by atoms with Crippen molar-refractivity contribution in [3.05, 3.63) is 0 Å². The summed E-state index contributed by atoms with van der Waals surface area (Å²) in [6.07, 6.45) is -3.81. The van der Waals surface area contributed by atoms with Crippen LogP contribution >= 0.6 is 11.6 Å². The van der Waals surface area contributed by atoms with Crippen molar-refractivity contribution in [1.29, 1.82) is 0 Å². The summed E-state index contributed by atoms with van der Waals surface area (Å²) in [5.74, 6) is -1.81. The molecule has 0 aromatic heterocycles. The molecule has 1 aliphatic heterocycles. The molecule has 1 saturated heterocycles. The SMILES string of the molecule is CC(=O)O[C@@H]1O[C@H](CCl)[C@@H](OC(C)=O)[C@@H]1OC(C)=O. The molecule has 0 spiro atoms. The zero-order valence-corrected chi connectivity index (χ0v) is 11.5. The Bertz CT molecular complexity index is 370. The van der Waals surface area contributed by atoms with E-state index in [9.17, 15) is 14.4 Å². The Kier molecular flexibility index (Phi) is 5.56. The molecule has 0 amide bonds. The van der Waals surface area contributed by atoms with Crippen molar-refractivity contribution >= 4 is 29.5 Å². The molecule has 0 unspecified atom stereocenters. The molecule has 108 valence electrons. The Hall–Kier alpha value is -1.34. The molecular formula is C11H15ClO7. The van der Waals surface area contributed by atoms with E-state index in [1.54, 1.807) is 0 Å². The predicted octanol–water partition coefficient (Wildman–Crippen LogP) is 0.377. The molecular weight excluding hydrogens is 280 g/mol. The molecule has 4 atom stereocenters. The van der Waals surface area contributed by atoms with Crippen LogP contribution in [0.1, 0.15) is 20.8 Å². The zero-order chi connectivity index (χ0) is 14.6. The molecule has 0 saturated carbocycles. The molecule has 8 heteroatoms. The average molecular weight is 295 g/mol. The first-order valence-corrected chi connectivity index (χ1v) is 6.11. The molecule has 1 heterocycles. The number of halogens is 1. The van der Waals surface area contributed by atoms with Gasteiger partial charge in [0.15, 0.2) is 6.10 Å². The minimum absolute atomic E-state index is 0.00647. The van der Waals surface area contributed by atoms with Crippen molar-refractivity contribution < 1.29 is 33.3 Å². The van der Waals surface area contributed by atoms with Crippen LogP contribution in [0, 0.1) is 0 Å². The third-order valence-electron chi connectivity index (χ3n) is 2.31. The van der Waals surface area contributed by atoms with Crippen LogP contribution in [0.5, 0.6) is 0 Å². The van der Waals surface area contributed by atoms with E-state index in [0.29, 0.717) is 0 Å². The van der Waals surface area contributed by atoms with Crippen LogP contribution in [0.3, 0.4) is 0 Å². The summed E-state index contributed by atoms with van der Waals surface area (Å²) in [5.41, 5.74) is 0. The number of carbonyl (C=O) groups excluding carboxylic acids is 3. The zero-order valence-electron chi connectivity index (χ0n) is 10.8. The van der Waals surface area contributed by atoms with Gasteiger partial charge in [0, 0.05) is 20.8 Å². The number of alkyl halides is 1. The standard InChI is InChI=1S/C11H15ClO7/c1-5(13)16-9-8(4-12)19-11(18-7(3)15)10(9)17-6(2)14/h8-11H,4H2,1-3H3/t8-,9-,10+,11-/m1/s1. The van der Waals surface area contributed by atoms with Gasteiger partial charge < -0.3 is 18.9 Å². The average Bonchev–Trinajstić information content (AvgIpc) is 2.55. The molecule has 1 fully saturated rings. The third kappa shape index (κ3) is 4.36. The van der Waals surface area contributed by atoms with Crippen LogP contribution in [-0.2, 0) is 33.3 Å². The lowest BCUT2D eigenvalue weighted by Gasteiger charge is -2.22. The van der Waals surface area contributed by atoms with Crippen LogP contribution in [0.25, 0.3) is 0 Å². The largest absolute Gasteiger partial charge is 0.455 e. The molecule has 0 N–H and O–H groups in total. The molecule has 0 radical (unpaired) electrons. The maximum Gasteiger partial charge on any atom is 0.305 e. The quantitative estimate of drug-likeness (QED) is 0.420. The number of ether oxygens (including phenoxy) is 4. The lowest BCUT2D eigenvalue weighted by molar-refractivity contribution is -0.194. The lowest BCUT2D eigenvalue weighted by Crippen LogP contribution is -2.41. The van der Waals surface area contributed by atoms with Crippen molar-refractivity contribution in [2.24, 2.45) is 0 Å². The minimum Gasteiger partial charge on any atom is -0.455 e. The Morgan fingerprint density at radius 3 is 1.84 bits per heavy atom. The predicted molar refractivity (Wildman–Crippen MR) is 62.3 cm³/mol. The summed E-state index contributed by atoms with van der Waals surface area (Å²) in [4.78, 5) is 33.1. The molecule has 0 bridgehead atoms. The molecule has 0 aromatic carbocycles. The van der Waals surface area contributed by atoms with Gasteiger partial charge in [-0.3, -0.25) is 14.4 Å². The van der Waals surface area contributed by atoms with Gasteiger partial charge in [-0.05, 0) is 0 Å². The van der Waals surface area contributed by atoms with Crippen molar-refractivity contribution in [1.82, 2.24) is 0 Å². The first-order chi connectivity index (χ1) is 8.85. The van der Waals surface area contributed by atoms with Crippen LogP contribution in [0.15, 0.2) is 0 Å². The maximum absolute atomic E-state index is 11.1. The highest BCUT2D eigenvalue weighted by Crippen LogP contribution is 2.28. The van der Waals surface area contributed by atoms with Crippen molar-refractivity contribution in [3.8, 4) is 0 Å². The van der Waals surface area contributed by atoms with Gasteiger partial charge in [0.05, 0.1) is 5.88 Å². The minimum atomic E-state index is -1.14. The van der Waals surface area contributed by atoms with Crippen LogP contribution < -0.4 is 0 Å². The Morgan fingerprint density at radius 2 is 1.42 bits per heavy atom. The highest BCUT2D eigenvalue weighted by molar-refractivity contribution is 6.18. The summed E-state index contributed by atoms with van der Waals surface area (Å²) in [6, 6.07) is 0. The van der Waals surface area contributed by atoms with Crippen LogP contribution in [-0.4, -0.2) is 48.4 Å².